The first-order valence-corrected chi connectivity index (χ1v) is 7.48. The van der Waals surface area contributed by atoms with Gasteiger partial charge in [0.25, 0.3) is 0 Å². The van der Waals surface area contributed by atoms with E-state index >= 15 is 0 Å². The summed E-state index contributed by atoms with van der Waals surface area (Å²) in [7, 11) is 0. The van der Waals surface area contributed by atoms with E-state index in [9.17, 15) is 9.59 Å². The van der Waals surface area contributed by atoms with Crippen molar-refractivity contribution in [2.75, 3.05) is 5.75 Å². The Labute approximate surface area is 117 Å². The fourth-order valence-corrected chi connectivity index (χ4v) is 3.39. The smallest absolute Gasteiger partial charge is 0.327 e. The summed E-state index contributed by atoms with van der Waals surface area (Å²) in [5.41, 5.74) is 0. The molecule has 1 saturated carbocycles. The van der Waals surface area contributed by atoms with Crippen LogP contribution in [-0.2, 0) is 4.79 Å². The van der Waals surface area contributed by atoms with Crippen molar-refractivity contribution in [2.45, 2.75) is 49.9 Å². The summed E-state index contributed by atoms with van der Waals surface area (Å²) < 4.78 is 0. The van der Waals surface area contributed by atoms with Crippen molar-refractivity contribution in [1.82, 2.24) is 10.6 Å². The number of terminal acetylenes is 1. The topological polar surface area (TPSA) is 78.4 Å². The minimum absolute atomic E-state index is 0.0133. The van der Waals surface area contributed by atoms with E-state index in [1.54, 1.807) is 0 Å². The maximum atomic E-state index is 11.8. The number of carbonyl (C=O) groups is 2. The lowest BCUT2D eigenvalue weighted by Crippen LogP contribution is -2.50. The number of hydrogen-bond acceptors (Lipinski definition) is 3. The van der Waals surface area contributed by atoms with Crippen LogP contribution in [0.25, 0.3) is 0 Å². The van der Waals surface area contributed by atoms with Crippen LogP contribution in [0.3, 0.4) is 0 Å². The molecule has 19 heavy (non-hydrogen) atoms. The standard InChI is InChI=1S/C13H20N2O3S/c1-3-6-10(12(16)17)15-13(18)14-9-7-5-8-11(9)19-4-2/h1,9-11H,4-8H2,2H3,(H,16,17)(H2,14,15,18). The van der Waals surface area contributed by atoms with Crippen LogP contribution in [0.1, 0.15) is 32.6 Å². The molecule has 0 aromatic rings. The number of carbonyl (C=O) groups excluding carboxylic acids is 1. The summed E-state index contributed by atoms with van der Waals surface area (Å²) in [4.78, 5) is 22.7. The lowest BCUT2D eigenvalue weighted by Gasteiger charge is -2.21. The molecule has 0 aliphatic heterocycles. The normalized spacial score (nSPS) is 23.4. The van der Waals surface area contributed by atoms with Gasteiger partial charge in [0.2, 0.25) is 0 Å². The van der Waals surface area contributed by atoms with E-state index in [0.29, 0.717) is 5.25 Å². The van der Waals surface area contributed by atoms with Gasteiger partial charge in [-0.05, 0) is 18.6 Å². The minimum atomic E-state index is -1.11. The van der Waals surface area contributed by atoms with Gasteiger partial charge in [-0.15, -0.1) is 12.3 Å². The van der Waals surface area contributed by atoms with Gasteiger partial charge in [-0.25, -0.2) is 9.59 Å². The molecule has 0 saturated heterocycles. The second-order valence-electron chi connectivity index (χ2n) is 4.45. The van der Waals surface area contributed by atoms with E-state index < -0.39 is 18.0 Å². The minimum Gasteiger partial charge on any atom is -0.480 e. The number of aliphatic carboxylic acids is 1. The largest absolute Gasteiger partial charge is 0.480 e. The first-order valence-electron chi connectivity index (χ1n) is 6.43. The predicted molar refractivity (Wildman–Crippen MR) is 76.1 cm³/mol. The van der Waals surface area contributed by atoms with Gasteiger partial charge in [0.15, 0.2) is 0 Å². The van der Waals surface area contributed by atoms with E-state index in [2.05, 4.69) is 23.5 Å². The van der Waals surface area contributed by atoms with Gasteiger partial charge in [-0.1, -0.05) is 13.3 Å². The number of nitrogens with one attached hydrogen (secondary N) is 2. The molecule has 5 nitrogen and oxygen atoms in total. The van der Waals surface area contributed by atoms with Gasteiger partial charge < -0.3 is 15.7 Å². The second-order valence-corrected chi connectivity index (χ2v) is 5.96. The van der Waals surface area contributed by atoms with Crippen LogP contribution in [-0.4, -0.2) is 40.2 Å². The average Bonchev–Trinajstić information content (AvgIpc) is 2.76. The summed E-state index contributed by atoms with van der Waals surface area (Å²) in [5.74, 6) is 2.15. The van der Waals surface area contributed by atoms with Crippen LogP contribution >= 0.6 is 11.8 Å². The Morgan fingerprint density at radius 2 is 2.26 bits per heavy atom. The molecule has 0 aromatic carbocycles. The molecule has 2 amide bonds. The lowest BCUT2D eigenvalue weighted by molar-refractivity contribution is -0.139. The molecular formula is C13H20N2O3S. The van der Waals surface area contributed by atoms with Gasteiger partial charge >= 0.3 is 12.0 Å². The molecule has 1 aliphatic rings. The van der Waals surface area contributed by atoms with E-state index in [1.807, 2.05) is 11.8 Å². The van der Waals surface area contributed by atoms with Crippen LogP contribution < -0.4 is 10.6 Å². The highest BCUT2D eigenvalue weighted by Gasteiger charge is 2.29. The molecule has 0 bridgehead atoms. The van der Waals surface area contributed by atoms with Crippen molar-refractivity contribution in [2.24, 2.45) is 0 Å². The zero-order valence-corrected chi connectivity index (χ0v) is 11.8. The number of carboxylic acids is 1. The van der Waals surface area contributed by atoms with Crippen molar-refractivity contribution in [1.29, 1.82) is 0 Å². The maximum Gasteiger partial charge on any atom is 0.327 e. The van der Waals surface area contributed by atoms with E-state index in [4.69, 9.17) is 11.5 Å². The Balaban J connectivity index is 2.45. The van der Waals surface area contributed by atoms with Gasteiger partial charge in [-0.2, -0.15) is 11.8 Å². The van der Waals surface area contributed by atoms with Crippen LogP contribution in [0, 0.1) is 12.3 Å². The molecule has 1 rings (SSSR count). The highest BCUT2D eigenvalue weighted by molar-refractivity contribution is 7.99. The van der Waals surface area contributed by atoms with Crippen molar-refractivity contribution in [3.63, 3.8) is 0 Å². The molecule has 106 valence electrons. The van der Waals surface area contributed by atoms with Gasteiger partial charge in [0.1, 0.15) is 6.04 Å². The number of hydrogen-bond donors (Lipinski definition) is 3. The molecule has 3 unspecified atom stereocenters. The Morgan fingerprint density at radius 3 is 2.84 bits per heavy atom. The third kappa shape index (κ3) is 5.03. The van der Waals surface area contributed by atoms with Gasteiger partial charge in [0, 0.05) is 17.7 Å². The molecule has 3 atom stereocenters. The summed E-state index contributed by atoms with van der Waals surface area (Å²) >= 11 is 1.83. The Morgan fingerprint density at radius 1 is 1.53 bits per heavy atom. The van der Waals surface area contributed by atoms with Crippen molar-refractivity contribution in [3.8, 4) is 12.3 Å². The molecule has 1 fully saturated rings. The molecule has 6 heteroatoms. The van der Waals surface area contributed by atoms with Gasteiger partial charge in [-0.3, -0.25) is 0 Å². The Hall–Kier alpha value is -1.35. The molecular weight excluding hydrogens is 264 g/mol. The van der Waals surface area contributed by atoms with E-state index in [1.165, 1.54) is 0 Å². The number of urea groups is 1. The zero-order valence-electron chi connectivity index (χ0n) is 11.0. The molecule has 0 spiro atoms. The summed E-state index contributed by atoms with van der Waals surface area (Å²) in [6.45, 7) is 2.09. The van der Waals surface area contributed by atoms with Crippen molar-refractivity contribution >= 4 is 23.8 Å². The average molecular weight is 284 g/mol. The van der Waals surface area contributed by atoms with Crippen LogP contribution in [0.4, 0.5) is 4.79 Å². The molecule has 1 aliphatic carbocycles. The van der Waals surface area contributed by atoms with Gasteiger partial charge in [0.05, 0.1) is 0 Å². The molecule has 0 heterocycles. The number of amides is 2. The number of rotatable bonds is 6. The molecule has 0 radical (unpaired) electrons. The fraction of sp³-hybridized carbons (Fsp3) is 0.692. The third-order valence-corrected chi connectivity index (χ3v) is 4.40. The van der Waals surface area contributed by atoms with E-state index in [-0.39, 0.29) is 12.5 Å². The third-order valence-electron chi connectivity index (χ3n) is 3.08. The number of thioether (sulfide) groups is 1. The van der Waals surface area contributed by atoms with Crippen LogP contribution in [0.15, 0.2) is 0 Å². The van der Waals surface area contributed by atoms with E-state index in [0.717, 1.165) is 25.0 Å². The molecule has 0 aromatic heterocycles. The predicted octanol–water partition coefficient (Wildman–Crippen LogP) is 1.44. The summed E-state index contributed by atoms with van der Waals surface area (Å²) in [5, 5.41) is 14.6. The van der Waals surface area contributed by atoms with Crippen LogP contribution in [0.5, 0.6) is 0 Å². The van der Waals surface area contributed by atoms with Crippen molar-refractivity contribution < 1.29 is 14.7 Å². The maximum absolute atomic E-state index is 11.8. The second kappa shape index (κ2) is 7.95. The summed E-state index contributed by atoms with van der Waals surface area (Å²) in [6.07, 6.45) is 8.19. The highest BCUT2D eigenvalue weighted by atomic mass is 32.2. The number of carboxylic acid groups (broad SMARTS) is 1. The quantitative estimate of drug-likeness (QED) is 0.645. The molecule has 3 N–H and O–H groups in total. The zero-order chi connectivity index (χ0) is 14.3. The highest BCUT2D eigenvalue weighted by Crippen LogP contribution is 2.29. The monoisotopic (exact) mass is 284 g/mol. The fourth-order valence-electron chi connectivity index (χ4n) is 2.19. The van der Waals surface area contributed by atoms with Crippen LogP contribution in [0.2, 0.25) is 0 Å². The Bertz CT molecular complexity index is 367. The Kier molecular flexibility index (Phi) is 6.57. The first kappa shape index (κ1) is 15.7. The SMILES string of the molecule is C#CCC(NC(=O)NC1CCCC1SCC)C(=O)O. The first-order chi connectivity index (χ1) is 9.08. The lowest BCUT2D eigenvalue weighted by atomic mass is 10.2. The summed E-state index contributed by atoms with van der Waals surface area (Å²) in [6, 6.07) is -1.36. The van der Waals surface area contributed by atoms with Crippen molar-refractivity contribution in [3.05, 3.63) is 0 Å².